The van der Waals surface area contributed by atoms with E-state index in [1.165, 1.54) is 30.6 Å². The molecule has 0 saturated heterocycles. The fraction of sp³-hybridized carbons (Fsp3) is 0. The molecule has 0 N–H and O–H groups in total. The first-order valence-corrected chi connectivity index (χ1v) is 4.82. The minimum absolute atomic E-state index is 0.0220. The van der Waals surface area contributed by atoms with Crippen LogP contribution in [0.1, 0.15) is 26.5 Å². The summed E-state index contributed by atoms with van der Waals surface area (Å²) in [6.07, 6.45) is 2.75. The van der Waals surface area contributed by atoms with E-state index in [1.54, 1.807) is 12.1 Å². The molecule has 0 fully saturated rings. The van der Waals surface area contributed by atoms with Crippen LogP contribution in [0, 0.1) is 0 Å². The van der Waals surface area contributed by atoms with Gasteiger partial charge < -0.3 is 9.90 Å². The molecule has 0 bridgehead atoms. The predicted octanol–water partition coefficient (Wildman–Crippen LogP) is 0.0711. The van der Waals surface area contributed by atoms with Crippen LogP contribution in [0.3, 0.4) is 0 Å². The number of hydrogen-bond donors (Lipinski definition) is 0. The molecule has 17 heavy (non-hydrogen) atoms. The molecule has 0 spiro atoms. The number of rotatable bonds is 3. The third kappa shape index (κ3) is 2.17. The van der Waals surface area contributed by atoms with Gasteiger partial charge >= 0.3 is 0 Å². The highest BCUT2D eigenvalue weighted by Gasteiger charge is 2.15. The molecule has 0 amide bonds. The largest absolute Gasteiger partial charge is 0.543 e. The van der Waals surface area contributed by atoms with Gasteiger partial charge in [-0.3, -0.25) is 14.8 Å². The number of pyridine rings is 2. The molecule has 2 aromatic rings. The molecule has 2 heterocycles. The summed E-state index contributed by atoms with van der Waals surface area (Å²) in [5.74, 6) is -1.97. The molecular weight excluding hydrogens is 220 g/mol. The summed E-state index contributed by atoms with van der Waals surface area (Å²) >= 11 is 0. The Kier molecular flexibility index (Phi) is 2.91. The number of nitrogens with zero attached hydrogens (tertiary/aromatic N) is 2. The van der Waals surface area contributed by atoms with E-state index in [-0.39, 0.29) is 17.0 Å². The highest BCUT2D eigenvalue weighted by atomic mass is 16.4. The zero-order valence-corrected chi connectivity index (χ0v) is 8.66. The molecule has 0 aliphatic heterocycles. The molecule has 5 heteroatoms. The summed E-state index contributed by atoms with van der Waals surface area (Å²) in [4.78, 5) is 30.3. The maximum atomic E-state index is 12.0. The van der Waals surface area contributed by atoms with Crippen LogP contribution in [-0.4, -0.2) is 21.7 Å². The highest BCUT2D eigenvalue weighted by molar-refractivity contribution is 6.12. The summed E-state index contributed by atoms with van der Waals surface area (Å²) in [7, 11) is 0. The van der Waals surface area contributed by atoms with Gasteiger partial charge in [0.1, 0.15) is 5.69 Å². The second-order valence-corrected chi connectivity index (χ2v) is 3.23. The van der Waals surface area contributed by atoms with E-state index >= 15 is 0 Å². The first-order chi connectivity index (χ1) is 8.20. The predicted molar refractivity (Wildman–Crippen MR) is 56.2 cm³/mol. The molecule has 2 rings (SSSR count). The maximum absolute atomic E-state index is 12.0. The second-order valence-electron chi connectivity index (χ2n) is 3.23. The first-order valence-electron chi connectivity index (χ1n) is 4.82. The van der Waals surface area contributed by atoms with Gasteiger partial charge in [0, 0.05) is 12.4 Å². The summed E-state index contributed by atoms with van der Waals surface area (Å²) in [5, 5.41) is 10.8. The Morgan fingerprint density at radius 3 is 2.41 bits per heavy atom. The SMILES string of the molecule is O=C(c1ccccn1)c1cccnc1C(=O)[O-]. The monoisotopic (exact) mass is 227 g/mol. The van der Waals surface area contributed by atoms with Crippen molar-refractivity contribution in [2.75, 3.05) is 0 Å². The molecule has 2 aromatic heterocycles. The lowest BCUT2D eigenvalue weighted by Gasteiger charge is -2.07. The number of aromatic carboxylic acids is 1. The van der Waals surface area contributed by atoms with Gasteiger partial charge in [-0.05, 0) is 24.3 Å². The van der Waals surface area contributed by atoms with Crippen molar-refractivity contribution in [3.8, 4) is 0 Å². The third-order valence-corrected chi connectivity index (χ3v) is 2.14. The summed E-state index contributed by atoms with van der Waals surface area (Å²) < 4.78 is 0. The second kappa shape index (κ2) is 4.52. The van der Waals surface area contributed by atoms with Crippen LogP contribution in [0.5, 0.6) is 0 Å². The van der Waals surface area contributed by atoms with Gasteiger partial charge in [0.05, 0.1) is 17.2 Å². The zero-order chi connectivity index (χ0) is 12.3. The number of carboxylic acid groups (broad SMARTS) is 1. The van der Waals surface area contributed by atoms with Gasteiger partial charge in [-0.25, -0.2) is 0 Å². The molecule has 0 aromatic carbocycles. The van der Waals surface area contributed by atoms with E-state index in [0.717, 1.165) is 0 Å². The van der Waals surface area contributed by atoms with Crippen molar-refractivity contribution >= 4 is 11.8 Å². The molecule has 5 nitrogen and oxygen atoms in total. The lowest BCUT2D eigenvalue weighted by atomic mass is 10.1. The summed E-state index contributed by atoms with van der Waals surface area (Å²) in [5.41, 5.74) is -0.225. The van der Waals surface area contributed by atoms with Crippen molar-refractivity contribution in [2.24, 2.45) is 0 Å². The number of carbonyl (C=O) groups is 2. The van der Waals surface area contributed by atoms with Crippen LogP contribution in [0.2, 0.25) is 0 Å². The highest BCUT2D eigenvalue weighted by Crippen LogP contribution is 2.10. The van der Waals surface area contributed by atoms with Gasteiger partial charge in [0.15, 0.2) is 0 Å². The molecule has 0 atom stereocenters. The van der Waals surface area contributed by atoms with Crippen LogP contribution in [0.25, 0.3) is 0 Å². The Balaban J connectivity index is 2.48. The van der Waals surface area contributed by atoms with Crippen LogP contribution >= 0.6 is 0 Å². The Morgan fingerprint density at radius 1 is 1.00 bits per heavy atom. The lowest BCUT2D eigenvalue weighted by Crippen LogP contribution is -2.26. The van der Waals surface area contributed by atoms with Crippen molar-refractivity contribution in [3.63, 3.8) is 0 Å². The number of ketones is 1. The Hall–Kier alpha value is -2.56. The molecule has 0 aliphatic rings. The molecule has 0 radical (unpaired) electrons. The Labute approximate surface area is 96.8 Å². The average Bonchev–Trinajstić information content (AvgIpc) is 2.39. The van der Waals surface area contributed by atoms with E-state index in [9.17, 15) is 14.7 Å². The Morgan fingerprint density at radius 2 is 1.76 bits per heavy atom. The molecular formula is C12H7N2O3-. The number of carboxylic acids is 1. The number of carbonyl (C=O) groups excluding carboxylic acids is 2. The lowest BCUT2D eigenvalue weighted by molar-refractivity contribution is -0.255. The minimum Gasteiger partial charge on any atom is -0.543 e. The normalized spacial score (nSPS) is 9.88. The average molecular weight is 227 g/mol. The standard InChI is InChI=1S/C12H8N2O3/c15-11(9-5-1-2-6-13-9)8-4-3-7-14-10(8)12(16)17/h1-7H,(H,16,17)/p-1. The quantitative estimate of drug-likeness (QED) is 0.693. The maximum Gasteiger partial charge on any atom is 0.213 e. The smallest absolute Gasteiger partial charge is 0.213 e. The van der Waals surface area contributed by atoms with Crippen molar-refractivity contribution in [2.45, 2.75) is 0 Å². The fourth-order valence-electron chi connectivity index (χ4n) is 1.39. The van der Waals surface area contributed by atoms with Crippen LogP contribution in [0.15, 0.2) is 42.7 Å². The van der Waals surface area contributed by atoms with E-state index in [2.05, 4.69) is 9.97 Å². The minimum atomic E-state index is -1.48. The van der Waals surface area contributed by atoms with Crippen molar-refractivity contribution in [1.82, 2.24) is 9.97 Å². The van der Waals surface area contributed by atoms with Crippen molar-refractivity contribution < 1.29 is 14.7 Å². The molecule has 0 aliphatic carbocycles. The summed E-state index contributed by atoms with van der Waals surface area (Å²) in [6.45, 7) is 0. The number of hydrogen-bond acceptors (Lipinski definition) is 5. The topological polar surface area (TPSA) is 83.0 Å². The van der Waals surface area contributed by atoms with E-state index in [0.29, 0.717) is 0 Å². The van der Waals surface area contributed by atoms with Gasteiger partial charge in [0.2, 0.25) is 5.78 Å². The van der Waals surface area contributed by atoms with E-state index in [4.69, 9.17) is 0 Å². The first kappa shape index (κ1) is 10.9. The van der Waals surface area contributed by atoms with Gasteiger partial charge in [-0.2, -0.15) is 0 Å². The van der Waals surface area contributed by atoms with Gasteiger partial charge in [-0.1, -0.05) is 6.07 Å². The number of aromatic nitrogens is 2. The molecule has 0 unspecified atom stereocenters. The molecule has 84 valence electrons. The van der Waals surface area contributed by atoms with Crippen LogP contribution in [0.4, 0.5) is 0 Å². The van der Waals surface area contributed by atoms with Gasteiger partial charge in [-0.15, -0.1) is 0 Å². The van der Waals surface area contributed by atoms with E-state index in [1.807, 2.05) is 0 Å². The van der Waals surface area contributed by atoms with E-state index < -0.39 is 11.8 Å². The third-order valence-electron chi connectivity index (χ3n) is 2.14. The van der Waals surface area contributed by atoms with Crippen molar-refractivity contribution in [1.29, 1.82) is 0 Å². The van der Waals surface area contributed by atoms with Crippen LogP contribution in [-0.2, 0) is 0 Å². The summed E-state index contributed by atoms with van der Waals surface area (Å²) in [6, 6.07) is 7.70. The van der Waals surface area contributed by atoms with Crippen LogP contribution < -0.4 is 5.11 Å². The fourth-order valence-corrected chi connectivity index (χ4v) is 1.39. The zero-order valence-electron chi connectivity index (χ0n) is 8.66. The van der Waals surface area contributed by atoms with Crippen molar-refractivity contribution in [3.05, 3.63) is 59.7 Å². The van der Waals surface area contributed by atoms with Gasteiger partial charge in [0.25, 0.3) is 0 Å². The molecule has 0 saturated carbocycles. The Bertz CT molecular complexity index is 567.